The Morgan fingerprint density at radius 3 is 2.32 bits per heavy atom. The van der Waals surface area contributed by atoms with Gasteiger partial charge in [0.2, 0.25) is 0 Å². The Balaban J connectivity index is 1.97. The summed E-state index contributed by atoms with van der Waals surface area (Å²) >= 11 is 0. The van der Waals surface area contributed by atoms with Gasteiger partial charge in [-0.2, -0.15) is 13.2 Å². The number of amides is 1. The van der Waals surface area contributed by atoms with Crippen molar-refractivity contribution in [2.75, 3.05) is 0 Å². The Hall–Kier alpha value is -3.29. The number of benzene rings is 1. The van der Waals surface area contributed by atoms with Gasteiger partial charge in [0, 0.05) is 18.1 Å². The Bertz CT molecular complexity index is 970. The molecule has 0 saturated carbocycles. The highest BCUT2D eigenvalue weighted by molar-refractivity contribution is 5.94. The van der Waals surface area contributed by atoms with Crippen LogP contribution in [0.2, 0.25) is 0 Å². The predicted octanol–water partition coefficient (Wildman–Crippen LogP) is 4.46. The third kappa shape index (κ3) is 4.33. The lowest BCUT2D eigenvalue weighted by Gasteiger charge is -2.20. The van der Waals surface area contributed by atoms with Crippen LogP contribution in [0.3, 0.4) is 0 Å². The molecule has 0 spiro atoms. The molecule has 1 N–H and O–H groups in total. The molecule has 2 aromatic heterocycles. The van der Waals surface area contributed by atoms with Crippen molar-refractivity contribution in [3.8, 4) is 0 Å². The van der Waals surface area contributed by atoms with Crippen LogP contribution in [0, 0.1) is 12.7 Å². The molecule has 8 heteroatoms. The number of halogens is 4. The third-order valence-corrected chi connectivity index (χ3v) is 4.08. The van der Waals surface area contributed by atoms with E-state index in [1.807, 2.05) is 0 Å². The zero-order valence-corrected chi connectivity index (χ0v) is 14.7. The average Bonchev–Trinajstić information content (AvgIpc) is 2.66. The first-order valence-electron chi connectivity index (χ1n) is 8.27. The Morgan fingerprint density at radius 2 is 1.75 bits per heavy atom. The van der Waals surface area contributed by atoms with Gasteiger partial charge in [0.1, 0.15) is 11.5 Å². The molecule has 0 aliphatic rings. The summed E-state index contributed by atoms with van der Waals surface area (Å²) in [6, 6.07) is 8.81. The SMILES string of the molecule is Cc1ccc(C(=O)N[C@@H](c2ccc(C(F)(F)F)cc2)c2ncccc2F)cn1. The Labute approximate surface area is 158 Å². The first-order chi connectivity index (χ1) is 13.3. The van der Waals surface area contributed by atoms with Gasteiger partial charge in [-0.25, -0.2) is 4.39 Å². The summed E-state index contributed by atoms with van der Waals surface area (Å²) < 4.78 is 52.8. The van der Waals surface area contributed by atoms with Crippen LogP contribution in [0.15, 0.2) is 60.9 Å². The van der Waals surface area contributed by atoms with Crippen molar-refractivity contribution >= 4 is 5.91 Å². The molecule has 3 aromatic rings. The highest BCUT2D eigenvalue weighted by Gasteiger charge is 2.31. The molecule has 0 bridgehead atoms. The topological polar surface area (TPSA) is 54.9 Å². The molecule has 0 aliphatic carbocycles. The van der Waals surface area contributed by atoms with Crippen LogP contribution in [0.4, 0.5) is 17.6 Å². The van der Waals surface area contributed by atoms with Crippen molar-refractivity contribution in [3.63, 3.8) is 0 Å². The molecule has 0 fully saturated rings. The largest absolute Gasteiger partial charge is 0.416 e. The second-order valence-electron chi connectivity index (χ2n) is 6.08. The first-order valence-corrected chi connectivity index (χ1v) is 8.27. The minimum absolute atomic E-state index is 0.101. The molecule has 4 nitrogen and oxygen atoms in total. The standard InChI is InChI=1S/C20H15F4N3O/c1-12-4-5-14(11-26-12)19(28)27-17(18-16(21)3-2-10-25-18)13-6-8-15(9-7-13)20(22,23)24/h2-11,17H,1H3,(H,27,28)/t17-/m0/s1. The van der Waals surface area contributed by atoms with Crippen molar-refractivity contribution < 1.29 is 22.4 Å². The number of aryl methyl sites for hydroxylation is 1. The van der Waals surface area contributed by atoms with E-state index >= 15 is 0 Å². The fourth-order valence-electron chi connectivity index (χ4n) is 2.60. The van der Waals surface area contributed by atoms with Crippen LogP contribution in [-0.4, -0.2) is 15.9 Å². The molecular formula is C20H15F4N3O. The molecule has 2 heterocycles. The first kappa shape index (κ1) is 19.5. The van der Waals surface area contributed by atoms with Gasteiger partial charge in [-0.05, 0) is 48.9 Å². The Kier molecular flexibility index (Phi) is 5.39. The highest BCUT2D eigenvalue weighted by Crippen LogP contribution is 2.31. The molecule has 1 aromatic carbocycles. The summed E-state index contributed by atoms with van der Waals surface area (Å²) in [6.07, 6.45) is -1.79. The number of aromatic nitrogens is 2. The van der Waals surface area contributed by atoms with Gasteiger partial charge in [-0.3, -0.25) is 14.8 Å². The molecule has 0 saturated heterocycles. The number of nitrogens with zero attached hydrogens (tertiary/aromatic N) is 2. The summed E-state index contributed by atoms with van der Waals surface area (Å²) in [7, 11) is 0. The maximum absolute atomic E-state index is 14.3. The Morgan fingerprint density at radius 1 is 1.04 bits per heavy atom. The van der Waals surface area contributed by atoms with Crippen LogP contribution in [0.5, 0.6) is 0 Å². The number of alkyl halides is 3. The second-order valence-corrected chi connectivity index (χ2v) is 6.08. The molecule has 0 aliphatic heterocycles. The number of nitrogens with one attached hydrogen (secondary N) is 1. The predicted molar refractivity (Wildman–Crippen MR) is 93.9 cm³/mol. The number of hydrogen-bond donors (Lipinski definition) is 1. The van der Waals surface area contributed by atoms with Crippen LogP contribution in [-0.2, 0) is 6.18 Å². The number of hydrogen-bond acceptors (Lipinski definition) is 3. The maximum Gasteiger partial charge on any atom is 0.416 e. The van der Waals surface area contributed by atoms with Gasteiger partial charge >= 0.3 is 6.18 Å². The minimum Gasteiger partial charge on any atom is -0.339 e. The number of carbonyl (C=O) groups excluding carboxylic acids is 1. The summed E-state index contributed by atoms with van der Waals surface area (Å²) in [6.45, 7) is 1.76. The van der Waals surface area contributed by atoms with Gasteiger partial charge in [0.05, 0.1) is 17.2 Å². The highest BCUT2D eigenvalue weighted by atomic mass is 19.4. The van der Waals surface area contributed by atoms with Gasteiger partial charge in [-0.1, -0.05) is 12.1 Å². The molecule has 144 valence electrons. The minimum atomic E-state index is -4.50. The van der Waals surface area contributed by atoms with E-state index in [0.29, 0.717) is 5.69 Å². The third-order valence-electron chi connectivity index (χ3n) is 4.08. The molecule has 0 radical (unpaired) electrons. The summed E-state index contributed by atoms with van der Waals surface area (Å²) in [5.41, 5.74) is 0.269. The second kappa shape index (κ2) is 7.75. The van der Waals surface area contributed by atoms with Crippen LogP contribution >= 0.6 is 0 Å². The van der Waals surface area contributed by atoms with E-state index in [-0.39, 0.29) is 16.8 Å². The van der Waals surface area contributed by atoms with Crippen molar-refractivity contribution in [3.05, 3.63) is 94.8 Å². The fraction of sp³-hybridized carbons (Fsp3) is 0.150. The van der Waals surface area contributed by atoms with Crippen molar-refractivity contribution in [2.24, 2.45) is 0 Å². The molecule has 1 atom stereocenters. The van der Waals surface area contributed by atoms with Crippen LogP contribution < -0.4 is 5.32 Å². The quantitative estimate of drug-likeness (QED) is 0.671. The zero-order valence-electron chi connectivity index (χ0n) is 14.7. The molecule has 0 unspecified atom stereocenters. The lowest BCUT2D eigenvalue weighted by atomic mass is 10.0. The molecular weight excluding hydrogens is 374 g/mol. The van der Waals surface area contributed by atoms with Crippen molar-refractivity contribution in [1.82, 2.24) is 15.3 Å². The van der Waals surface area contributed by atoms with E-state index in [1.54, 1.807) is 19.1 Å². The van der Waals surface area contributed by atoms with E-state index in [1.165, 1.54) is 36.7 Å². The normalized spacial score (nSPS) is 12.5. The van der Waals surface area contributed by atoms with Gasteiger partial charge < -0.3 is 5.32 Å². The van der Waals surface area contributed by atoms with Crippen molar-refractivity contribution in [2.45, 2.75) is 19.1 Å². The maximum atomic E-state index is 14.3. The number of rotatable bonds is 4. The molecule has 1 amide bonds. The number of pyridine rings is 2. The fourth-order valence-corrected chi connectivity index (χ4v) is 2.60. The molecule has 3 rings (SSSR count). The van der Waals surface area contributed by atoms with Gasteiger partial charge in [0.15, 0.2) is 0 Å². The van der Waals surface area contributed by atoms with E-state index < -0.39 is 29.5 Å². The zero-order chi connectivity index (χ0) is 20.3. The van der Waals surface area contributed by atoms with E-state index in [9.17, 15) is 22.4 Å². The van der Waals surface area contributed by atoms with Crippen LogP contribution in [0.1, 0.15) is 38.9 Å². The average molecular weight is 389 g/mol. The lowest BCUT2D eigenvalue weighted by Crippen LogP contribution is -2.30. The summed E-state index contributed by atoms with van der Waals surface area (Å²) in [5.74, 6) is -1.24. The summed E-state index contributed by atoms with van der Waals surface area (Å²) in [4.78, 5) is 20.6. The van der Waals surface area contributed by atoms with Gasteiger partial charge in [0.25, 0.3) is 5.91 Å². The smallest absolute Gasteiger partial charge is 0.339 e. The van der Waals surface area contributed by atoms with Gasteiger partial charge in [-0.15, -0.1) is 0 Å². The van der Waals surface area contributed by atoms with E-state index in [0.717, 1.165) is 12.1 Å². The molecule has 28 heavy (non-hydrogen) atoms. The number of carbonyl (C=O) groups is 1. The monoisotopic (exact) mass is 389 g/mol. The van der Waals surface area contributed by atoms with E-state index in [4.69, 9.17) is 0 Å². The van der Waals surface area contributed by atoms with Crippen LogP contribution in [0.25, 0.3) is 0 Å². The summed E-state index contributed by atoms with van der Waals surface area (Å²) in [5, 5.41) is 2.62. The van der Waals surface area contributed by atoms with E-state index in [2.05, 4.69) is 15.3 Å². The lowest BCUT2D eigenvalue weighted by molar-refractivity contribution is -0.137. The van der Waals surface area contributed by atoms with Crippen molar-refractivity contribution in [1.29, 1.82) is 0 Å².